The lowest BCUT2D eigenvalue weighted by atomic mass is 10.3. The summed E-state index contributed by atoms with van der Waals surface area (Å²) in [5.41, 5.74) is 1.15. The number of nitrogens with zero attached hydrogens (tertiary/aromatic N) is 1. The number of aryl methyl sites for hydroxylation is 1. The molecule has 1 aliphatic rings. The number of rotatable bonds is 2. The van der Waals surface area contributed by atoms with E-state index in [1.165, 1.54) is 0 Å². The topological polar surface area (TPSA) is 31.4 Å². The molecular weight excluding hydrogens is 166 g/mol. The van der Waals surface area contributed by atoms with Crippen LogP contribution in [0, 0.1) is 6.92 Å². The number of ether oxygens (including phenoxy) is 2. The van der Waals surface area contributed by atoms with E-state index < -0.39 is 0 Å². The van der Waals surface area contributed by atoms with Gasteiger partial charge in [-0.15, -0.1) is 0 Å². The van der Waals surface area contributed by atoms with Crippen molar-refractivity contribution in [2.24, 2.45) is 0 Å². The normalized spacial score (nSPS) is 21.8. The predicted octanol–water partition coefficient (Wildman–Crippen LogP) is 1.56. The average molecular weight is 179 g/mol. The molecule has 1 fully saturated rings. The highest BCUT2D eigenvalue weighted by Gasteiger charge is 2.17. The van der Waals surface area contributed by atoms with Crippen molar-refractivity contribution >= 4 is 0 Å². The summed E-state index contributed by atoms with van der Waals surface area (Å²) in [4.78, 5) is 4.16. The highest BCUT2D eigenvalue weighted by Crippen LogP contribution is 2.14. The van der Waals surface area contributed by atoms with Crippen LogP contribution in [0.3, 0.4) is 0 Å². The van der Waals surface area contributed by atoms with Crippen LogP contribution in [-0.2, 0) is 4.74 Å². The summed E-state index contributed by atoms with van der Waals surface area (Å²) in [6.07, 6.45) is 2.97. The third-order valence-electron chi connectivity index (χ3n) is 2.06. The van der Waals surface area contributed by atoms with Crippen LogP contribution in [0.5, 0.6) is 5.88 Å². The summed E-state index contributed by atoms with van der Waals surface area (Å²) < 4.78 is 10.8. The largest absolute Gasteiger partial charge is 0.472 e. The quantitative estimate of drug-likeness (QED) is 0.690. The Balaban J connectivity index is 1.97. The zero-order chi connectivity index (χ0) is 9.10. The minimum Gasteiger partial charge on any atom is -0.472 e. The fourth-order valence-corrected chi connectivity index (χ4v) is 1.30. The number of aromatic nitrogens is 1. The summed E-state index contributed by atoms with van der Waals surface area (Å²) in [5.74, 6) is 0.695. The van der Waals surface area contributed by atoms with Gasteiger partial charge in [0.1, 0.15) is 6.10 Å². The first kappa shape index (κ1) is 8.51. The fraction of sp³-hybridized carbons (Fsp3) is 0.500. The van der Waals surface area contributed by atoms with E-state index in [9.17, 15) is 0 Å². The molecule has 1 aromatic rings. The van der Waals surface area contributed by atoms with Gasteiger partial charge >= 0.3 is 0 Å². The van der Waals surface area contributed by atoms with E-state index in [0.717, 1.165) is 18.6 Å². The molecule has 0 saturated carbocycles. The molecule has 3 heteroatoms. The van der Waals surface area contributed by atoms with Gasteiger partial charge in [0.25, 0.3) is 0 Å². The van der Waals surface area contributed by atoms with E-state index in [0.29, 0.717) is 12.5 Å². The Kier molecular flexibility index (Phi) is 2.45. The Bertz CT molecular complexity index is 265. The lowest BCUT2D eigenvalue weighted by molar-refractivity contribution is 0.138. The molecule has 0 spiro atoms. The van der Waals surface area contributed by atoms with Gasteiger partial charge < -0.3 is 9.47 Å². The zero-order valence-corrected chi connectivity index (χ0v) is 7.69. The molecule has 3 nitrogen and oxygen atoms in total. The molecule has 1 unspecified atom stereocenters. The monoisotopic (exact) mass is 179 g/mol. The first-order valence-corrected chi connectivity index (χ1v) is 4.51. The van der Waals surface area contributed by atoms with Crippen molar-refractivity contribution in [1.82, 2.24) is 4.98 Å². The third kappa shape index (κ3) is 2.18. The van der Waals surface area contributed by atoms with Crippen LogP contribution >= 0.6 is 0 Å². The summed E-state index contributed by atoms with van der Waals surface area (Å²) in [5, 5.41) is 0. The van der Waals surface area contributed by atoms with Crippen molar-refractivity contribution in [3.63, 3.8) is 0 Å². The van der Waals surface area contributed by atoms with Crippen molar-refractivity contribution < 1.29 is 9.47 Å². The smallest absolute Gasteiger partial charge is 0.213 e. The van der Waals surface area contributed by atoms with E-state index in [2.05, 4.69) is 4.98 Å². The van der Waals surface area contributed by atoms with Gasteiger partial charge in [-0.3, -0.25) is 0 Å². The minimum absolute atomic E-state index is 0.190. The Morgan fingerprint density at radius 2 is 2.46 bits per heavy atom. The van der Waals surface area contributed by atoms with E-state index in [4.69, 9.17) is 9.47 Å². The highest BCUT2D eigenvalue weighted by molar-refractivity contribution is 5.16. The van der Waals surface area contributed by atoms with Crippen LogP contribution in [0.2, 0.25) is 0 Å². The molecule has 0 aliphatic carbocycles. The van der Waals surface area contributed by atoms with Crippen LogP contribution in [0.15, 0.2) is 18.3 Å². The standard InChI is InChI=1S/C10H13NO2/c1-8-2-3-10(11-6-8)13-9-4-5-12-7-9/h2-3,6,9H,4-5,7H2,1H3. The van der Waals surface area contributed by atoms with Gasteiger partial charge in [-0.2, -0.15) is 0 Å². The molecular formula is C10H13NO2. The van der Waals surface area contributed by atoms with Crippen LogP contribution in [0.1, 0.15) is 12.0 Å². The zero-order valence-electron chi connectivity index (χ0n) is 7.69. The first-order valence-electron chi connectivity index (χ1n) is 4.51. The molecule has 1 aliphatic heterocycles. The Hall–Kier alpha value is -1.09. The van der Waals surface area contributed by atoms with Crippen molar-refractivity contribution in [2.45, 2.75) is 19.4 Å². The van der Waals surface area contributed by atoms with Gasteiger partial charge in [0, 0.05) is 18.7 Å². The number of hydrogen-bond donors (Lipinski definition) is 0. The second kappa shape index (κ2) is 3.75. The van der Waals surface area contributed by atoms with E-state index >= 15 is 0 Å². The molecule has 2 rings (SSSR count). The molecule has 0 aromatic carbocycles. The fourth-order valence-electron chi connectivity index (χ4n) is 1.30. The molecule has 13 heavy (non-hydrogen) atoms. The number of pyridine rings is 1. The van der Waals surface area contributed by atoms with Gasteiger partial charge in [0.2, 0.25) is 5.88 Å². The molecule has 1 saturated heterocycles. The SMILES string of the molecule is Cc1ccc(OC2CCOC2)nc1. The van der Waals surface area contributed by atoms with Crippen LogP contribution in [0.4, 0.5) is 0 Å². The van der Waals surface area contributed by atoms with Crippen LogP contribution in [0.25, 0.3) is 0 Å². The first-order chi connectivity index (χ1) is 6.34. The molecule has 0 bridgehead atoms. The van der Waals surface area contributed by atoms with E-state index in [1.54, 1.807) is 0 Å². The van der Waals surface area contributed by atoms with Crippen molar-refractivity contribution in [3.8, 4) is 5.88 Å². The maximum atomic E-state index is 5.59. The van der Waals surface area contributed by atoms with Crippen molar-refractivity contribution in [2.75, 3.05) is 13.2 Å². The molecule has 70 valence electrons. The van der Waals surface area contributed by atoms with Gasteiger partial charge in [-0.25, -0.2) is 4.98 Å². The maximum absolute atomic E-state index is 5.59. The summed E-state index contributed by atoms with van der Waals surface area (Å²) in [6, 6.07) is 3.89. The second-order valence-electron chi connectivity index (χ2n) is 3.28. The van der Waals surface area contributed by atoms with E-state index in [-0.39, 0.29) is 6.10 Å². The molecule has 0 amide bonds. The second-order valence-corrected chi connectivity index (χ2v) is 3.28. The third-order valence-corrected chi connectivity index (χ3v) is 2.06. The Labute approximate surface area is 77.7 Å². The minimum atomic E-state index is 0.190. The lowest BCUT2D eigenvalue weighted by Gasteiger charge is -2.10. The van der Waals surface area contributed by atoms with Crippen molar-refractivity contribution in [1.29, 1.82) is 0 Å². The van der Waals surface area contributed by atoms with Crippen LogP contribution < -0.4 is 4.74 Å². The summed E-state index contributed by atoms with van der Waals surface area (Å²) in [6.45, 7) is 3.50. The number of hydrogen-bond acceptors (Lipinski definition) is 3. The average Bonchev–Trinajstić information content (AvgIpc) is 2.62. The molecule has 2 heterocycles. The van der Waals surface area contributed by atoms with E-state index in [1.807, 2.05) is 25.3 Å². The van der Waals surface area contributed by atoms with Gasteiger partial charge in [0.15, 0.2) is 0 Å². The molecule has 1 atom stereocenters. The summed E-state index contributed by atoms with van der Waals surface area (Å²) in [7, 11) is 0. The Morgan fingerprint density at radius 3 is 3.08 bits per heavy atom. The predicted molar refractivity (Wildman–Crippen MR) is 48.8 cm³/mol. The maximum Gasteiger partial charge on any atom is 0.213 e. The van der Waals surface area contributed by atoms with Gasteiger partial charge in [-0.1, -0.05) is 6.07 Å². The van der Waals surface area contributed by atoms with Crippen molar-refractivity contribution in [3.05, 3.63) is 23.9 Å². The molecule has 1 aromatic heterocycles. The van der Waals surface area contributed by atoms with Crippen LogP contribution in [-0.4, -0.2) is 24.3 Å². The molecule has 0 radical (unpaired) electrons. The molecule has 0 N–H and O–H groups in total. The van der Waals surface area contributed by atoms with Gasteiger partial charge in [0.05, 0.1) is 13.2 Å². The lowest BCUT2D eigenvalue weighted by Crippen LogP contribution is -2.16. The summed E-state index contributed by atoms with van der Waals surface area (Å²) >= 11 is 0. The Morgan fingerprint density at radius 1 is 1.54 bits per heavy atom. The van der Waals surface area contributed by atoms with Gasteiger partial charge in [-0.05, 0) is 12.5 Å². The highest BCUT2D eigenvalue weighted by atomic mass is 16.5.